The quantitative estimate of drug-likeness (QED) is 0.926. The molecule has 0 saturated heterocycles. The SMILES string of the molecule is N#Cc1ccc(C(F)(F)F)nc1OCC1(N)CCCC1. The molecular formula is C13H14F3N3O. The van der Waals surface area contributed by atoms with Gasteiger partial charge in [-0.05, 0) is 25.0 Å². The lowest BCUT2D eigenvalue weighted by Crippen LogP contribution is -2.42. The molecule has 0 radical (unpaired) electrons. The van der Waals surface area contributed by atoms with Gasteiger partial charge in [-0.25, -0.2) is 4.98 Å². The number of pyridine rings is 1. The van der Waals surface area contributed by atoms with E-state index in [1.165, 1.54) is 0 Å². The van der Waals surface area contributed by atoms with Gasteiger partial charge >= 0.3 is 6.18 Å². The molecule has 108 valence electrons. The van der Waals surface area contributed by atoms with E-state index >= 15 is 0 Å². The van der Waals surface area contributed by atoms with Crippen LogP contribution in [-0.4, -0.2) is 17.1 Å². The second kappa shape index (κ2) is 5.29. The highest BCUT2D eigenvalue weighted by Gasteiger charge is 2.34. The van der Waals surface area contributed by atoms with Crippen molar-refractivity contribution < 1.29 is 17.9 Å². The fourth-order valence-corrected chi connectivity index (χ4v) is 2.23. The van der Waals surface area contributed by atoms with Crippen molar-refractivity contribution in [1.29, 1.82) is 5.26 Å². The summed E-state index contributed by atoms with van der Waals surface area (Å²) in [7, 11) is 0. The summed E-state index contributed by atoms with van der Waals surface area (Å²) < 4.78 is 43.1. The maximum Gasteiger partial charge on any atom is 0.433 e. The molecule has 1 heterocycles. The zero-order valence-corrected chi connectivity index (χ0v) is 10.7. The van der Waals surface area contributed by atoms with E-state index in [4.69, 9.17) is 15.7 Å². The number of halogens is 3. The predicted molar refractivity (Wildman–Crippen MR) is 64.8 cm³/mol. The lowest BCUT2D eigenvalue weighted by atomic mass is 10.0. The Bertz CT molecular complexity index is 531. The summed E-state index contributed by atoms with van der Waals surface area (Å²) >= 11 is 0. The van der Waals surface area contributed by atoms with Crippen LogP contribution in [0.1, 0.15) is 36.9 Å². The van der Waals surface area contributed by atoms with Gasteiger partial charge in [-0.1, -0.05) is 12.8 Å². The van der Waals surface area contributed by atoms with Crippen LogP contribution in [0.3, 0.4) is 0 Å². The van der Waals surface area contributed by atoms with Crippen molar-refractivity contribution in [3.63, 3.8) is 0 Å². The number of nitrogens with zero attached hydrogens (tertiary/aromatic N) is 2. The molecule has 1 fully saturated rings. The van der Waals surface area contributed by atoms with Crippen molar-refractivity contribution in [3.8, 4) is 11.9 Å². The van der Waals surface area contributed by atoms with Crippen molar-refractivity contribution in [1.82, 2.24) is 4.98 Å². The van der Waals surface area contributed by atoms with E-state index < -0.39 is 17.4 Å². The molecule has 1 aliphatic carbocycles. The minimum absolute atomic E-state index is 0.0282. The molecule has 7 heteroatoms. The van der Waals surface area contributed by atoms with Crippen LogP contribution in [0.5, 0.6) is 5.88 Å². The first-order chi connectivity index (χ1) is 9.34. The highest BCUT2D eigenvalue weighted by molar-refractivity contribution is 5.39. The van der Waals surface area contributed by atoms with Gasteiger partial charge in [0.1, 0.15) is 23.9 Å². The molecule has 20 heavy (non-hydrogen) atoms. The zero-order chi connectivity index (χ0) is 14.8. The Kier molecular flexibility index (Phi) is 3.86. The lowest BCUT2D eigenvalue weighted by Gasteiger charge is -2.23. The average molecular weight is 285 g/mol. The minimum Gasteiger partial charge on any atom is -0.475 e. The molecule has 0 bridgehead atoms. The highest BCUT2D eigenvalue weighted by Crippen LogP contribution is 2.31. The van der Waals surface area contributed by atoms with E-state index in [1.807, 2.05) is 0 Å². The molecular weight excluding hydrogens is 271 g/mol. The Hall–Kier alpha value is -1.81. The summed E-state index contributed by atoms with van der Waals surface area (Å²) in [6.07, 6.45) is -1.11. The predicted octanol–water partition coefficient (Wildman–Crippen LogP) is 2.62. The second-order valence-electron chi connectivity index (χ2n) is 5.02. The summed E-state index contributed by atoms with van der Waals surface area (Å²) in [5.74, 6) is -0.306. The summed E-state index contributed by atoms with van der Waals surface area (Å²) in [5, 5.41) is 8.89. The smallest absolute Gasteiger partial charge is 0.433 e. The molecule has 0 aliphatic heterocycles. The molecule has 0 atom stereocenters. The van der Waals surface area contributed by atoms with Crippen molar-refractivity contribution in [3.05, 3.63) is 23.4 Å². The Labute approximate surface area is 114 Å². The molecule has 1 saturated carbocycles. The Balaban J connectivity index is 2.19. The molecule has 2 rings (SSSR count). The van der Waals surface area contributed by atoms with E-state index in [2.05, 4.69) is 4.98 Å². The number of rotatable bonds is 3. The highest BCUT2D eigenvalue weighted by atomic mass is 19.4. The normalized spacial score (nSPS) is 17.8. The third kappa shape index (κ3) is 3.20. The van der Waals surface area contributed by atoms with Gasteiger partial charge in [-0.3, -0.25) is 0 Å². The van der Waals surface area contributed by atoms with Crippen LogP contribution in [0.2, 0.25) is 0 Å². The van der Waals surface area contributed by atoms with Gasteiger partial charge in [0.05, 0.1) is 5.54 Å². The molecule has 4 nitrogen and oxygen atoms in total. The Morgan fingerprint density at radius 1 is 1.35 bits per heavy atom. The van der Waals surface area contributed by atoms with E-state index in [-0.39, 0.29) is 18.1 Å². The van der Waals surface area contributed by atoms with Crippen LogP contribution in [0, 0.1) is 11.3 Å². The number of hydrogen-bond acceptors (Lipinski definition) is 4. The third-order valence-corrected chi connectivity index (χ3v) is 3.37. The summed E-state index contributed by atoms with van der Waals surface area (Å²) in [5.41, 5.74) is 4.42. The first-order valence-corrected chi connectivity index (χ1v) is 6.24. The van der Waals surface area contributed by atoms with E-state index in [0.717, 1.165) is 37.8 Å². The number of aromatic nitrogens is 1. The van der Waals surface area contributed by atoms with Gasteiger partial charge in [-0.2, -0.15) is 18.4 Å². The van der Waals surface area contributed by atoms with Crippen LogP contribution in [0.4, 0.5) is 13.2 Å². The molecule has 1 aromatic heterocycles. The van der Waals surface area contributed by atoms with Crippen molar-refractivity contribution in [2.75, 3.05) is 6.61 Å². The number of hydrogen-bond donors (Lipinski definition) is 1. The minimum atomic E-state index is -4.57. The van der Waals surface area contributed by atoms with Crippen LogP contribution in [0.25, 0.3) is 0 Å². The monoisotopic (exact) mass is 285 g/mol. The fraction of sp³-hybridized carbons (Fsp3) is 0.538. The van der Waals surface area contributed by atoms with Crippen LogP contribution < -0.4 is 10.5 Å². The van der Waals surface area contributed by atoms with Gasteiger partial charge in [0.2, 0.25) is 5.88 Å². The van der Waals surface area contributed by atoms with Crippen LogP contribution >= 0.6 is 0 Å². The number of nitrogens with two attached hydrogens (primary N) is 1. The van der Waals surface area contributed by atoms with Gasteiger partial charge in [0.25, 0.3) is 0 Å². The lowest BCUT2D eigenvalue weighted by molar-refractivity contribution is -0.141. The van der Waals surface area contributed by atoms with Crippen molar-refractivity contribution in [2.24, 2.45) is 5.73 Å². The maximum absolute atomic E-state index is 12.6. The van der Waals surface area contributed by atoms with Gasteiger partial charge < -0.3 is 10.5 Å². The fourth-order valence-electron chi connectivity index (χ4n) is 2.23. The van der Waals surface area contributed by atoms with E-state index in [0.29, 0.717) is 0 Å². The Morgan fingerprint density at radius 2 is 2.00 bits per heavy atom. The average Bonchev–Trinajstić information content (AvgIpc) is 2.82. The van der Waals surface area contributed by atoms with Crippen LogP contribution in [-0.2, 0) is 6.18 Å². The van der Waals surface area contributed by atoms with E-state index in [1.54, 1.807) is 6.07 Å². The molecule has 0 spiro atoms. The molecule has 2 N–H and O–H groups in total. The molecule has 0 unspecified atom stereocenters. The maximum atomic E-state index is 12.6. The van der Waals surface area contributed by atoms with Gasteiger partial charge in [0.15, 0.2) is 0 Å². The van der Waals surface area contributed by atoms with Gasteiger partial charge in [0, 0.05) is 0 Å². The van der Waals surface area contributed by atoms with E-state index in [9.17, 15) is 13.2 Å². The largest absolute Gasteiger partial charge is 0.475 e. The number of alkyl halides is 3. The number of nitriles is 1. The number of ether oxygens (including phenoxy) is 1. The van der Waals surface area contributed by atoms with Crippen molar-refractivity contribution >= 4 is 0 Å². The van der Waals surface area contributed by atoms with Gasteiger partial charge in [-0.15, -0.1) is 0 Å². The van der Waals surface area contributed by atoms with Crippen molar-refractivity contribution in [2.45, 2.75) is 37.4 Å². The zero-order valence-electron chi connectivity index (χ0n) is 10.7. The summed E-state index contributed by atoms with van der Waals surface area (Å²) in [4.78, 5) is 3.38. The molecule has 0 aromatic carbocycles. The standard InChI is InChI=1S/C13H14F3N3O/c14-13(15,16)10-4-3-9(7-17)11(19-10)20-8-12(18)5-1-2-6-12/h3-4H,1-2,5-6,8,18H2. The topological polar surface area (TPSA) is 71.9 Å². The Morgan fingerprint density at radius 3 is 2.55 bits per heavy atom. The van der Waals surface area contributed by atoms with Crippen LogP contribution in [0.15, 0.2) is 12.1 Å². The summed E-state index contributed by atoms with van der Waals surface area (Å²) in [6, 6.07) is 3.59. The first-order valence-electron chi connectivity index (χ1n) is 6.24. The third-order valence-electron chi connectivity index (χ3n) is 3.37. The molecule has 1 aliphatic rings. The first kappa shape index (κ1) is 14.6. The second-order valence-corrected chi connectivity index (χ2v) is 5.02. The molecule has 0 amide bonds. The molecule has 1 aromatic rings. The summed E-state index contributed by atoms with van der Waals surface area (Å²) in [6.45, 7) is 0.0655.